The van der Waals surface area contributed by atoms with Crippen molar-refractivity contribution >= 4 is 49.9 Å². The maximum atomic E-state index is 2.41. The highest BCUT2D eigenvalue weighted by Gasteiger charge is 2.39. The van der Waals surface area contributed by atoms with E-state index in [-0.39, 0.29) is 0 Å². The van der Waals surface area contributed by atoms with E-state index in [0.717, 1.165) is 6.42 Å². The molecule has 0 radical (unpaired) electrons. The molecule has 0 atom stereocenters. The monoisotopic (exact) mass is 492 g/mol. The Morgan fingerprint density at radius 3 is 1.69 bits per heavy atom. The Labute approximate surface area is 227 Å². The van der Waals surface area contributed by atoms with Crippen LogP contribution in [0.1, 0.15) is 44.5 Å². The van der Waals surface area contributed by atoms with E-state index in [9.17, 15) is 0 Å². The lowest BCUT2D eigenvalue weighted by Gasteiger charge is -2.15. The standard InChI is InChI=1S/C39H24/c1-2-11-27(12-3-1)34-32-21-19-25-9-4-6-15-30(25)36(32)39-35(29-18-17-24-13-8-14-28(24)23-29)33-22-20-26-10-5-7-16-31(26)37(33)38(34)39/h1-12,14-23H,13H2. The molecular formula is C39H24. The van der Waals surface area contributed by atoms with Crippen molar-refractivity contribution in [3.8, 4) is 0 Å². The Bertz CT molecular complexity index is 2120. The topological polar surface area (TPSA) is 0 Å². The summed E-state index contributed by atoms with van der Waals surface area (Å²) in [4.78, 5) is 0. The number of benzene rings is 6. The second kappa shape index (κ2) is 7.79. The first-order chi connectivity index (χ1) is 19.4. The molecule has 0 fully saturated rings. The van der Waals surface area contributed by atoms with Crippen LogP contribution in [0.2, 0.25) is 0 Å². The number of hydrogen-bond acceptors (Lipinski definition) is 0. The van der Waals surface area contributed by atoms with E-state index in [2.05, 4.69) is 133 Å². The first-order valence-electron chi connectivity index (χ1n) is 13.8. The average molecular weight is 493 g/mol. The van der Waals surface area contributed by atoms with Gasteiger partial charge in [0.1, 0.15) is 0 Å². The Morgan fingerprint density at radius 2 is 1.03 bits per heavy atom. The van der Waals surface area contributed by atoms with Crippen LogP contribution >= 0.6 is 0 Å². The minimum Gasteiger partial charge on any atom is -0.0795 e. The van der Waals surface area contributed by atoms with Gasteiger partial charge in [0.2, 0.25) is 0 Å². The number of rotatable bonds is 2. The minimum absolute atomic E-state index is 1.03. The molecule has 0 aromatic heterocycles. The van der Waals surface area contributed by atoms with Crippen molar-refractivity contribution in [2.45, 2.75) is 6.42 Å². The van der Waals surface area contributed by atoms with Crippen LogP contribution in [0.25, 0.3) is 49.9 Å². The van der Waals surface area contributed by atoms with E-state index < -0.39 is 0 Å². The maximum Gasteiger partial charge on any atom is -0.000116 e. The molecule has 0 aliphatic heterocycles. The van der Waals surface area contributed by atoms with Crippen molar-refractivity contribution in [2.75, 3.05) is 0 Å². The maximum absolute atomic E-state index is 2.41. The van der Waals surface area contributed by atoms with Crippen LogP contribution in [0.3, 0.4) is 0 Å². The van der Waals surface area contributed by atoms with Gasteiger partial charge in [-0.15, -0.1) is 0 Å². The van der Waals surface area contributed by atoms with Crippen molar-refractivity contribution < 1.29 is 0 Å². The molecule has 6 aromatic carbocycles. The zero-order chi connectivity index (χ0) is 25.5. The summed E-state index contributed by atoms with van der Waals surface area (Å²) in [6.07, 6.45) is 5.59. The third-order valence-electron chi connectivity index (χ3n) is 8.78. The van der Waals surface area contributed by atoms with Crippen molar-refractivity contribution in [3.63, 3.8) is 0 Å². The van der Waals surface area contributed by atoms with Gasteiger partial charge in [-0.05, 0) is 101 Å². The first kappa shape index (κ1) is 21.0. The van der Waals surface area contributed by atoms with Crippen LogP contribution in [-0.4, -0.2) is 0 Å². The summed E-state index contributed by atoms with van der Waals surface area (Å²) < 4.78 is 0. The summed E-state index contributed by atoms with van der Waals surface area (Å²) in [5, 5.41) is 5.22. The zero-order valence-electron chi connectivity index (χ0n) is 21.4. The van der Waals surface area contributed by atoms with E-state index in [1.54, 1.807) is 0 Å². The Balaban J connectivity index is 1.50. The molecule has 3 aliphatic carbocycles. The van der Waals surface area contributed by atoms with E-state index in [1.165, 1.54) is 88.3 Å². The summed E-state index contributed by atoms with van der Waals surface area (Å²) in [6, 6.07) is 45.1. The summed E-state index contributed by atoms with van der Waals surface area (Å²) in [7, 11) is 0. The van der Waals surface area contributed by atoms with Gasteiger partial charge in [-0.3, -0.25) is 0 Å². The highest BCUT2D eigenvalue weighted by Crippen LogP contribution is 2.61. The van der Waals surface area contributed by atoms with Crippen molar-refractivity contribution in [2.24, 2.45) is 0 Å². The van der Waals surface area contributed by atoms with E-state index in [0.29, 0.717) is 0 Å². The highest BCUT2D eigenvalue weighted by atomic mass is 14.4. The normalized spacial score (nSPS) is 14.8. The lowest BCUT2D eigenvalue weighted by Crippen LogP contribution is -1.95. The average Bonchev–Trinajstić information content (AvgIpc) is 3.69. The predicted molar refractivity (Wildman–Crippen MR) is 165 cm³/mol. The molecule has 0 spiro atoms. The number of fused-ring (bicyclic) bond motifs is 10. The molecule has 0 saturated carbocycles. The van der Waals surface area contributed by atoms with Crippen LogP contribution in [0.4, 0.5) is 0 Å². The summed E-state index contributed by atoms with van der Waals surface area (Å²) in [5.74, 6) is 0. The van der Waals surface area contributed by atoms with Crippen LogP contribution < -0.4 is 0 Å². The molecule has 0 unspecified atom stereocenters. The molecule has 0 heterocycles. The fraction of sp³-hybridized carbons (Fsp3) is 0.0256. The van der Waals surface area contributed by atoms with Gasteiger partial charge in [-0.25, -0.2) is 0 Å². The largest absolute Gasteiger partial charge is 0.0795 e. The molecule has 0 amide bonds. The Kier molecular flexibility index (Phi) is 4.20. The molecule has 0 N–H and O–H groups in total. The predicted octanol–water partition coefficient (Wildman–Crippen LogP) is 9.81. The molecule has 0 bridgehead atoms. The summed E-state index contributed by atoms with van der Waals surface area (Å²) in [6.45, 7) is 0. The van der Waals surface area contributed by atoms with Gasteiger partial charge in [-0.1, -0.05) is 127 Å². The number of allylic oxidation sites excluding steroid dienone is 3. The Morgan fingerprint density at radius 1 is 0.436 bits per heavy atom. The van der Waals surface area contributed by atoms with Crippen molar-refractivity contribution in [3.05, 3.63) is 172 Å². The van der Waals surface area contributed by atoms with E-state index in [1.807, 2.05) is 0 Å². The zero-order valence-corrected chi connectivity index (χ0v) is 21.4. The lowest BCUT2D eigenvalue weighted by molar-refractivity contribution is 1.31. The summed E-state index contributed by atoms with van der Waals surface area (Å²) >= 11 is 0. The van der Waals surface area contributed by atoms with Gasteiger partial charge >= 0.3 is 0 Å². The third-order valence-corrected chi connectivity index (χ3v) is 8.78. The quantitative estimate of drug-likeness (QED) is 0.226. The van der Waals surface area contributed by atoms with Gasteiger partial charge in [-0.2, -0.15) is 0 Å². The van der Waals surface area contributed by atoms with Crippen LogP contribution in [-0.2, 0) is 6.42 Å². The summed E-state index contributed by atoms with van der Waals surface area (Å²) in [5.41, 5.74) is 16.2. The van der Waals surface area contributed by atoms with Crippen molar-refractivity contribution in [1.29, 1.82) is 0 Å². The van der Waals surface area contributed by atoms with Gasteiger partial charge in [0, 0.05) is 0 Å². The van der Waals surface area contributed by atoms with E-state index >= 15 is 0 Å². The molecule has 3 aliphatic rings. The van der Waals surface area contributed by atoms with Crippen molar-refractivity contribution in [1.82, 2.24) is 0 Å². The fourth-order valence-corrected chi connectivity index (χ4v) is 7.13. The van der Waals surface area contributed by atoms with E-state index in [4.69, 9.17) is 0 Å². The molecule has 180 valence electrons. The second-order valence-corrected chi connectivity index (χ2v) is 10.8. The van der Waals surface area contributed by atoms with Gasteiger partial charge in [0.05, 0.1) is 0 Å². The van der Waals surface area contributed by atoms with Gasteiger partial charge in [0.25, 0.3) is 0 Å². The lowest BCUT2D eigenvalue weighted by atomic mass is 9.88. The molecule has 0 nitrogen and oxygen atoms in total. The second-order valence-electron chi connectivity index (χ2n) is 10.8. The molecule has 9 rings (SSSR count). The highest BCUT2D eigenvalue weighted by molar-refractivity contribution is 6.39. The van der Waals surface area contributed by atoms with Crippen LogP contribution in [0.5, 0.6) is 0 Å². The third kappa shape index (κ3) is 2.84. The molecule has 0 saturated heterocycles. The first-order valence-corrected chi connectivity index (χ1v) is 13.8. The van der Waals surface area contributed by atoms with Gasteiger partial charge < -0.3 is 0 Å². The Hall–Kier alpha value is -4.94. The van der Waals surface area contributed by atoms with Crippen LogP contribution in [0.15, 0.2) is 127 Å². The number of hydrogen-bond donors (Lipinski definition) is 0. The van der Waals surface area contributed by atoms with Crippen LogP contribution in [0, 0.1) is 0 Å². The minimum atomic E-state index is 1.03. The molecule has 0 heteroatoms. The fourth-order valence-electron chi connectivity index (χ4n) is 7.13. The smallest absolute Gasteiger partial charge is 0.000116 e. The molecular weight excluding hydrogens is 468 g/mol. The molecule has 6 aromatic rings. The van der Waals surface area contributed by atoms with Gasteiger partial charge in [0.15, 0.2) is 0 Å². The SMILES string of the molecule is C1=Cc2cc(C3=C4C(=C(c5ccccc5)c5ccc6ccccc6c54)c4c3ccc3ccccc43)ccc2C1. The molecule has 39 heavy (non-hydrogen) atoms.